The number of unbranched alkanes of at least 4 members (excludes halogenated alkanes) is 3. The maximum atomic E-state index is 12.0. The molecule has 1 N–H and O–H groups in total. The third kappa shape index (κ3) is 2.90. The molecule has 1 aromatic rings. The van der Waals surface area contributed by atoms with Crippen molar-refractivity contribution < 1.29 is 14.7 Å². The molecule has 0 atom stereocenters. The van der Waals surface area contributed by atoms with Crippen LogP contribution in [0.3, 0.4) is 0 Å². The van der Waals surface area contributed by atoms with Crippen LogP contribution in [0.15, 0.2) is 18.2 Å². The SMILES string of the molecule is CCc1ccc2c(c1)C(=O)C(=O)N2CCCCCCO. The second-order valence-electron chi connectivity index (χ2n) is 5.13. The number of aliphatic hydroxyl groups is 1. The lowest BCUT2D eigenvalue weighted by Gasteiger charge is -2.16. The van der Waals surface area contributed by atoms with Crippen molar-refractivity contribution in [3.05, 3.63) is 29.3 Å². The van der Waals surface area contributed by atoms with E-state index in [1.807, 2.05) is 25.1 Å². The minimum absolute atomic E-state index is 0.212. The molecule has 0 spiro atoms. The third-order valence-electron chi connectivity index (χ3n) is 3.73. The molecule has 20 heavy (non-hydrogen) atoms. The van der Waals surface area contributed by atoms with Gasteiger partial charge in [0.1, 0.15) is 0 Å². The zero-order chi connectivity index (χ0) is 14.5. The van der Waals surface area contributed by atoms with Gasteiger partial charge in [0.15, 0.2) is 0 Å². The minimum atomic E-state index is -0.407. The van der Waals surface area contributed by atoms with Gasteiger partial charge in [0, 0.05) is 13.2 Å². The number of aliphatic hydroxyl groups excluding tert-OH is 1. The summed E-state index contributed by atoms with van der Waals surface area (Å²) in [6.07, 6.45) is 4.42. The molecule has 0 unspecified atom stereocenters. The highest BCUT2D eigenvalue weighted by atomic mass is 16.3. The zero-order valence-corrected chi connectivity index (χ0v) is 11.9. The number of nitrogens with zero attached hydrogens (tertiary/aromatic N) is 1. The molecule has 1 aromatic carbocycles. The van der Waals surface area contributed by atoms with Crippen LogP contribution in [0.2, 0.25) is 0 Å². The highest BCUT2D eigenvalue weighted by Gasteiger charge is 2.35. The van der Waals surface area contributed by atoms with Gasteiger partial charge in [-0.3, -0.25) is 9.59 Å². The summed E-state index contributed by atoms with van der Waals surface area (Å²) >= 11 is 0. The molecule has 1 heterocycles. The molecule has 0 saturated carbocycles. The number of carbonyl (C=O) groups excluding carboxylic acids is 2. The van der Waals surface area contributed by atoms with Crippen molar-refractivity contribution in [3.63, 3.8) is 0 Å². The zero-order valence-electron chi connectivity index (χ0n) is 11.9. The Hall–Kier alpha value is -1.68. The fraction of sp³-hybridized carbons (Fsp3) is 0.500. The first kappa shape index (κ1) is 14.7. The molecule has 0 bridgehead atoms. The lowest BCUT2D eigenvalue weighted by Crippen LogP contribution is -2.30. The fourth-order valence-electron chi connectivity index (χ4n) is 2.52. The Labute approximate surface area is 119 Å². The van der Waals surface area contributed by atoms with Gasteiger partial charge in [0.2, 0.25) is 0 Å². The number of Topliss-reactive ketones (excluding diaryl/α,β-unsaturated/α-hetero) is 1. The first-order valence-corrected chi connectivity index (χ1v) is 7.29. The van der Waals surface area contributed by atoms with Gasteiger partial charge in [-0.25, -0.2) is 0 Å². The summed E-state index contributed by atoms with van der Waals surface area (Å²) in [7, 11) is 0. The monoisotopic (exact) mass is 275 g/mol. The van der Waals surface area contributed by atoms with Crippen LogP contribution in [-0.4, -0.2) is 29.9 Å². The van der Waals surface area contributed by atoms with Crippen molar-refractivity contribution in [2.24, 2.45) is 0 Å². The van der Waals surface area contributed by atoms with Gasteiger partial charge >= 0.3 is 0 Å². The maximum absolute atomic E-state index is 12.0. The van der Waals surface area contributed by atoms with Crippen molar-refractivity contribution >= 4 is 17.4 Å². The van der Waals surface area contributed by atoms with Crippen LogP contribution in [0.1, 0.15) is 48.5 Å². The molecule has 0 radical (unpaired) electrons. The number of aryl methyl sites for hydroxylation is 1. The summed E-state index contributed by atoms with van der Waals surface area (Å²) in [4.78, 5) is 25.6. The van der Waals surface area contributed by atoms with Crippen molar-refractivity contribution in [2.45, 2.75) is 39.0 Å². The van der Waals surface area contributed by atoms with E-state index < -0.39 is 5.91 Å². The second-order valence-corrected chi connectivity index (χ2v) is 5.13. The maximum Gasteiger partial charge on any atom is 0.299 e. The molecule has 4 heteroatoms. The van der Waals surface area contributed by atoms with Gasteiger partial charge in [0.25, 0.3) is 11.7 Å². The standard InChI is InChI=1S/C16H21NO3/c1-2-12-7-8-14-13(11-12)15(19)16(20)17(14)9-5-3-4-6-10-18/h7-8,11,18H,2-6,9-10H2,1H3. The van der Waals surface area contributed by atoms with Crippen LogP contribution in [-0.2, 0) is 11.2 Å². The Bertz CT molecular complexity index is 510. The summed E-state index contributed by atoms with van der Waals surface area (Å²) in [5, 5.41) is 8.72. The largest absolute Gasteiger partial charge is 0.396 e. The highest BCUT2D eigenvalue weighted by Crippen LogP contribution is 2.30. The smallest absolute Gasteiger partial charge is 0.299 e. The molecule has 0 saturated heterocycles. The first-order chi connectivity index (χ1) is 9.69. The van der Waals surface area contributed by atoms with Crippen LogP contribution >= 0.6 is 0 Å². The second kappa shape index (κ2) is 6.66. The van der Waals surface area contributed by atoms with Crippen molar-refractivity contribution in [3.8, 4) is 0 Å². The summed E-state index contributed by atoms with van der Waals surface area (Å²) < 4.78 is 0. The average molecular weight is 275 g/mol. The number of carbonyl (C=O) groups is 2. The number of ketones is 1. The van der Waals surface area contributed by atoms with Crippen molar-refractivity contribution in [1.82, 2.24) is 0 Å². The van der Waals surface area contributed by atoms with Crippen LogP contribution in [0, 0.1) is 0 Å². The van der Waals surface area contributed by atoms with Gasteiger partial charge in [-0.15, -0.1) is 0 Å². The topological polar surface area (TPSA) is 57.6 Å². The molecule has 2 rings (SSSR count). The van der Waals surface area contributed by atoms with Crippen LogP contribution < -0.4 is 4.90 Å². The predicted molar refractivity (Wildman–Crippen MR) is 78.1 cm³/mol. The van der Waals surface area contributed by atoms with Gasteiger partial charge in [-0.1, -0.05) is 25.8 Å². The molecule has 4 nitrogen and oxygen atoms in total. The quantitative estimate of drug-likeness (QED) is 0.614. The Morgan fingerprint density at radius 1 is 1.10 bits per heavy atom. The molecule has 108 valence electrons. The molecule has 0 aliphatic carbocycles. The Balaban J connectivity index is 2.05. The normalized spacial score (nSPS) is 14.0. The molecule has 0 aromatic heterocycles. The van der Waals surface area contributed by atoms with E-state index in [1.54, 1.807) is 4.90 Å². The fourth-order valence-corrected chi connectivity index (χ4v) is 2.52. The predicted octanol–water partition coefficient (Wildman–Crippen LogP) is 2.33. The number of fused-ring (bicyclic) bond motifs is 1. The van der Waals surface area contributed by atoms with E-state index in [0.717, 1.165) is 43.4 Å². The lowest BCUT2D eigenvalue weighted by atomic mass is 10.1. The van der Waals surface area contributed by atoms with E-state index in [2.05, 4.69) is 0 Å². The lowest BCUT2D eigenvalue weighted by molar-refractivity contribution is -0.114. The number of rotatable bonds is 7. The summed E-state index contributed by atoms with van der Waals surface area (Å²) in [5.41, 5.74) is 2.37. The van der Waals surface area contributed by atoms with E-state index in [-0.39, 0.29) is 12.4 Å². The number of anilines is 1. The van der Waals surface area contributed by atoms with E-state index in [0.29, 0.717) is 12.1 Å². The Morgan fingerprint density at radius 2 is 1.85 bits per heavy atom. The molecular formula is C16H21NO3. The Kier molecular flexibility index (Phi) is 4.90. The number of hydrogen-bond donors (Lipinski definition) is 1. The van der Waals surface area contributed by atoms with E-state index in [9.17, 15) is 9.59 Å². The van der Waals surface area contributed by atoms with Crippen molar-refractivity contribution in [2.75, 3.05) is 18.1 Å². The van der Waals surface area contributed by atoms with E-state index in [1.165, 1.54) is 0 Å². The first-order valence-electron chi connectivity index (χ1n) is 7.29. The van der Waals surface area contributed by atoms with Gasteiger partial charge in [0.05, 0.1) is 11.3 Å². The van der Waals surface area contributed by atoms with Crippen molar-refractivity contribution in [1.29, 1.82) is 0 Å². The number of hydrogen-bond acceptors (Lipinski definition) is 3. The molecule has 1 amide bonds. The van der Waals surface area contributed by atoms with Gasteiger partial charge in [-0.2, -0.15) is 0 Å². The number of benzene rings is 1. The highest BCUT2D eigenvalue weighted by molar-refractivity contribution is 6.52. The van der Waals surface area contributed by atoms with Crippen LogP contribution in [0.25, 0.3) is 0 Å². The average Bonchev–Trinajstić information content (AvgIpc) is 2.71. The summed E-state index contributed by atoms with van der Waals surface area (Å²) in [5.74, 6) is -0.791. The van der Waals surface area contributed by atoms with E-state index in [4.69, 9.17) is 5.11 Å². The minimum Gasteiger partial charge on any atom is -0.396 e. The molecule has 0 fully saturated rings. The summed E-state index contributed by atoms with van der Waals surface area (Å²) in [6, 6.07) is 5.69. The van der Waals surface area contributed by atoms with Crippen LogP contribution in [0.4, 0.5) is 5.69 Å². The third-order valence-corrected chi connectivity index (χ3v) is 3.73. The summed E-state index contributed by atoms with van der Waals surface area (Å²) in [6.45, 7) is 2.82. The molecule has 1 aliphatic heterocycles. The molecular weight excluding hydrogens is 254 g/mol. The van der Waals surface area contributed by atoms with Gasteiger partial charge in [-0.05, 0) is 37.0 Å². The Morgan fingerprint density at radius 3 is 2.55 bits per heavy atom. The number of amides is 1. The van der Waals surface area contributed by atoms with Crippen LogP contribution in [0.5, 0.6) is 0 Å². The van der Waals surface area contributed by atoms with Gasteiger partial charge < -0.3 is 10.0 Å². The van der Waals surface area contributed by atoms with E-state index >= 15 is 0 Å². The molecule has 1 aliphatic rings.